The molecule has 2 rings (SSSR count). The number of hydrogen-bond acceptors (Lipinski definition) is 1. The highest BCUT2D eigenvalue weighted by atomic mass is 32.2. The SMILES string of the molecule is CC1=C(C)C[S@@](=O)[C@@H](c2ccccc2)C1. The van der Waals surface area contributed by atoms with Gasteiger partial charge in [-0.1, -0.05) is 41.5 Å². The van der Waals surface area contributed by atoms with Crippen LogP contribution >= 0.6 is 0 Å². The van der Waals surface area contributed by atoms with Crippen LogP contribution in [0.2, 0.25) is 0 Å². The van der Waals surface area contributed by atoms with Crippen molar-refractivity contribution in [3.63, 3.8) is 0 Å². The summed E-state index contributed by atoms with van der Waals surface area (Å²) in [4.78, 5) is 0. The van der Waals surface area contributed by atoms with Crippen LogP contribution in [0.5, 0.6) is 0 Å². The fraction of sp³-hybridized carbons (Fsp3) is 0.385. The Kier molecular flexibility index (Phi) is 3.06. The van der Waals surface area contributed by atoms with E-state index in [1.165, 1.54) is 16.7 Å². The van der Waals surface area contributed by atoms with Gasteiger partial charge in [0.15, 0.2) is 0 Å². The number of benzene rings is 1. The zero-order valence-corrected chi connectivity index (χ0v) is 10.0. The van der Waals surface area contributed by atoms with Crippen molar-refractivity contribution in [1.29, 1.82) is 0 Å². The third-order valence-corrected chi connectivity index (χ3v) is 4.86. The van der Waals surface area contributed by atoms with Crippen LogP contribution in [0.15, 0.2) is 41.5 Å². The maximum atomic E-state index is 12.0. The van der Waals surface area contributed by atoms with Gasteiger partial charge < -0.3 is 0 Å². The second-order valence-corrected chi connectivity index (χ2v) is 5.81. The molecule has 1 nitrogen and oxygen atoms in total. The summed E-state index contributed by atoms with van der Waals surface area (Å²) in [6.45, 7) is 4.25. The standard InChI is InChI=1S/C13H16OS/c1-10-8-13(15(14)9-11(10)2)12-6-4-3-5-7-12/h3-7,13H,8-9H2,1-2H3/t13-,15-/m1/s1. The van der Waals surface area contributed by atoms with Gasteiger partial charge in [0.1, 0.15) is 0 Å². The molecule has 0 spiro atoms. The second kappa shape index (κ2) is 4.31. The lowest BCUT2D eigenvalue weighted by Crippen LogP contribution is -2.17. The van der Waals surface area contributed by atoms with Crippen molar-refractivity contribution in [3.8, 4) is 0 Å². The van der Waals surface area contributed by atoms with E-state index in [9.17, 15) is 4.21 Å². The first-order valence-electron chi connectivity index (χ1n) is 5.26. The highest BCUT2D eigenvalue weighted by Crippen LogP contribution is 2.33. The van der Waals surface area contributed by atoms with Gasteiger partial charge in [0.05, 0.1) is 5.25 Å². The normalized spacial score (nSPS) is 26.8. The van der Waals surface area contributed by atoms with Crippen LogP contribution in [0.3, 0.4) is 0 Å². The summed E-state index contributed by atoms with van der Waals surface area (Å²) < 4.78 is 12.0. The predicted octanol–water partition coefficient (Wildman–Crippen LogP) is 3.22. The molecule has 1 heterocycles. The highest BCUT2D eigenvalue weighted by molar-refractivity contribution is 7.85. The Bertz CT molecular complexity index is 406. The summed E-state index contributed by atoms with van der Waals surface area (Å²) in [7, 11) is -0.738. The first kappa shape index (κ1) is 10.6. The molecule has 1 aliphatic heterocycles. The maximum absolute atomic E-state index is 12.0. The van der Waals surface area contributed by atoms with Gasteiger partial charge in [-0.15, -0.1) is 0 Å². The van der Waals surface area contributed by atoms with Crippen LogP contribution < -0.4 is 0 Å². The molecule has 1 aliphatic rings. The molecule has 0 N–H and O–H groups in total. The molecule has 2 heteroatoms. The van der Waals surface area contributed by atoms with Gasteiger partial charge in [0.25, 0.3) is 0 Å². The predicted molar refractivity (Wildman–Crippen MR) is 65.2 cm³/mol. The van der Waals surface area contributed by atoms with Crippen molar-refractivity contribution < 1.29 is 4.21 Å². The average Bonchev–Trinajstić information content (AvgIpc) is 2.25. The Morgan fingerprint density at radius 2 is 1.80 bits per heavy atom. The van der Waals surface area contributed by atoms with E-state index in [0.29, 0.717) is 0 Å². The first-order valence-corrected chi connectivity index (χ1v) is 6.64. The molecule has 0 aliphatic carbocycles. The Hall–Kier alpha value is -0.890. The van der Waals surface area contributed by atoms with Gasteiger partial charge in [-0.2, -0.15) is 0 Å². The van der Waals surface area contributed by atoms with Crippen molar-refractivity contribution in [2.24, 2.45) is 0 Å². The zero-order valence-electron chi connectivity index (χ0n) is 9.19. The number of hydrogen-bond donors (Lipinski definition) is 0. The molecule has 0 fully saturated rings. The maximum Gasteiger partial charge on any atom is 0.0637 e. The molecule has 80 valence electrons. The molecule has 0 saturated carbocycles. The Morgan fingerprint density at radius 1 is 1.13 bits per heavy atom. The summed E-state index contributed by atoms with van der Waals surface area (Å²) in [5.74, 6) is 0.741. The van der Waals surface area contributed by atoms with Crippen molar-refractivity contribution in [1.82, 2.24) is 0 Å². The van der Waals surface area contributed by atoms with Crippen LogP contribution in [-0.4, -0.2) is 9.96 Å². The molecular formula is C13H16OS. The molecule has 0 radical (unpaired) electrons. The number of rotatable bonds is 1. The molecule has 1 aromatic rings. The molecule has 15 heavy (non-hydrogen) atoms. The van der Waals surface area contributed by atoms with Crippen LogP contribution in [0.4, 0.5) is 0 Å². The highest BCUT2D eigenvalue weighted by Gasteiger charge is 2.24. The Morgan fingerprint density at radius 3 is 2.47 bits per heavy atom. The van der Waals surface area contributed by atoms with Gasteiger partial charge in [-0.05, 0) is 25.8 Å². The van der Waals surface area contributed by atoms with Crippen LogP contribution in [0.25, 0.3) is 0 Å². The molecule has 0 aromatic heterocycles. The van der Waals surface area contributed by atoms with Gasteiger partial charge in [-0.3, -0.25) is 4.21 Å². The van der Waals surface area contributed by atoms with Crippen molar-refractivity contribution in [2.75, 3.05) is 5.75 Å². The van der Waals surface area contributed by atoms with Crippen molar-refractivity contribution in [2.45, 2.75) is 25.5 Å². The van der Waals surface area contributed by atoms with E-state index < -0.39 is 10.8 Å². The summed E-state index contributed by atoms with van der Waals surface area (Å²) >= 11 is 0. The third-order valence-electron chi connectivity index (χ3n) is 3.07. The largest absolute Gasteiger partial charge is 0.259 e. The summed E-state index contributed by atoms with van der Waals surface area (Å²) in [5, 5.41) is 0.204. The lowest BCUT2D eigenvalue weighted by atomic mass is 10.0. The van der Waals surface area contributed by atoms with Crippen molar-refractivity contribution >= 4 is 10.8 Å². The van der Waals surface area contributed by atoms with Crippen molar-refractivity contribution in [3.05, 3.63) is 47.0 Å². The van der Waals surface area contributed by atoms with E-state index in [1.807, 2.05) is 18.2 Å². The summed E-state index contributed by atoms with van der Waals surface area (Å²) in [5.41, 5.74) is 3.92. The topological polar surface area (TPSA) is 17.1 Å². The minimum Gasteiger partial charge on any atom is -0.259 e. The van der Waals surface area contributed by atoms with Crippen LogP contribution in [-0.2, 0) is 10.8 Å². The number of allylic oxidation sites excluding steroid dienone is 1. The second-order valence-electron chi connectivity index (χ2n) is 4.19. The van der Waals surface area contributed by atoms with E-state index in [-0.39, 0.29) is 5.25 Å². The fourth-order valence-electron chi connectivity index (χ4n) is 1.92. The zero-order chi connectivity index (χ0) is 10.8. The lowest BCUT2D eigenvalue weighted by molar-refractivity contribution is 0.667. The van der Waals surface area contributed by atoms with E-state index in [1.54, 1.807) is 0 Å². The van der Waals surface area contributed by atoms with E-state index in [0.717, 1.165) is 12.2 Å². The van der Waals surface area contributed by atoms with Gasteiger partial charge >= 0.3 is 0 Å². The van der Waals surface area contributed by atoms with E-state index >= 15 is 0 Å². The smallest absolute Gasteiger partial charge is 0.0637 e. The summed E-state index contributed by atoms with van der Waals surface area (Å²) in [6.07, 6.45) is 0.947. The van der Waals surface area contributed by atoms with Gasteiger partial charge in [0, 0.05) is 16.6 Å². The molecule has 2 atom stereocenters. The third kappa shape index (κ3) is 2.20. The molecular weight excluding hydrogens is 204 g/mol. The monoisotopic (exact) mass is 220 g/mol. The molecule has 0 saturated heterocycles. The first-order chi connectivity index (χ1) is 7.18. The minimum absolute atomic E-state index is 0.204. The van der Waals surface area contributed by atoms with Gasteiger partial charge in [-0.25, -0.2) is 0 Å². The van der Waals surface area contributed by atoms with Crippen LogP contribution in [0.1, 0.15) is 31.1 Å². The fourth-order valence-corrected chi connectivity index (χ4v) is 3.69. The lowest BCUT2D eigenvalue weighted by Gasteiger charge is -2.24. The van der Waals surface area contributed by atoms with E-state index in [4.69, 9.17) is 0 Å². The van der Waals surface area contributed by atoms with Crippen LogP contribution in [0, 0.1) is 0 Å². The van der Waals surface area contributed by atoms with E-state index in [2.05, 4.69) is 26.0 Å². The Balaban J connectivity index is 2.29. The minimum atomic E-state index is -0.738. The summed E-state index contributed by atoms with van der Waals surface area (Å²) in [6, 6.07) is 10.2. The quantitative estimate of drug-likeness (QED) is 0.664. The molecule has 0 bridgehead atoms. The molecule has 1 aromatic carbocycles. The van der Waals surface area contributed by atoms with Gasteiger partial charge in [0.2, 0.25) is 0 Å². The molecule has 0 unspecified atom stereocenters. The average molecular weight is 220 g/mol. The molecule has 0 amide bonds. The Labute approximate surface area is 93.7 Å².